The van der Waals surface area contributed by atoms with Crippen molar-refractivity contribution in [3.8, 4) is 5.82 Å². The molecule has 0 saturated heterocycles. The second kappa shape index (κ2) is 4.23. The predicted molar refractivity (Wildman–Crippen MR) is 71.5 cm³/mol. The van der Waals surface area contributed by atoms with Crippen molar-refractivity contribution >= 4 is 10.9 Å². The Morgan fingerprint density at radius 3 is 2.89 bits per heavy atom. The first-order chi connectivity index (χ1) is 8.75. The molecule has 1 aromatic carbocycles. The van der Waals surface area contributed by atoms with E-state index < -0.39 is 0 Å². The smallest absolute Gasteiger partial charge is 0.154 e. The van der Waals surface area contributed by atoms with Gasteiger partial charge in [0.25, 0.3) is 0 Å². The molecule has 0 aliphatic carbocycles. The minimum absolute atomic E-state index is 0.00595. The zero-order chi connectivity index (χ0) is 12.5. The van der Waals surface area contributed by atoms with Crippen molar-refractivity contribution in [2.45, 2.75) is 13.0 Å². The largest absolute Gasteiger partial charge is 0.324 e. The Bertz CT molecular complexity index is 685. The van der Waals surface area contributed by atoms with Gasteiger partial charge in [0.05, 0.1) is 11.7 Å². The van der Waals surface area contributed by atoms with E-state index in [-0.39, 0.29) is 6.04 Å². The first-order valence-corrected chi connectivity index (χ1v) is 5.90. The van der Waals surface area contributed by atoms with Gasteiger partial charge in [-0.05, 0) is 30.7 Å². The lowest BCUT2D eigenvalue weighted by atomic mass is 10.1. The second-order valence-corrected chi connectivity index (χ2v) is 4.35. The number of pyridine rings is 1. The van der Waals surface area contributed by atoms with Crippen molar-refractivity contribution < 1.29 is 0 Å². The van der Waals surface area contributed by atoms with E-state index in [0.717, 1.165) is 22.3 Å². The highest BCUT2D eigenvalue weighted by molar-refractivity contribution is 5.79. The molecule has 4 heteroatoms. The Labute approximate surface area is 105 Å². The number of aromatic nitrogens is 3. The van der Waals surface area contributed by atoms with Gasteiger partial charge < -0.3 is 5.73 Å². The predicted octanol–water partition coefficient (Wildman–Crippen LogP) is 2.44. The van der Waals surface area contributed by atoms with E-state index in [4.69, 9.17) is 5.73 Å². The lowest BCUT2D eigenvalue weighted by Gasteiger charge is -2.08. The van der Waals surface area contributed by atoms with E-state index in [1.54, 1.807) is 6.20 Å². The topological polar surface area (TPSA) is 56.7 Å². The number of rotatable bonds is 2. The molecule has 0 fully saturated rings. The molecule has 1 atom stereocenters. The van der Waals surface area contributed by atoms with E-state index in [1.807, 2.05) is 54.2 Å². The Morgan fingerprint density at radius 1 is 1.22 bits per heavy atom. The van der Waals surface area contributed by atoms with Crippen LogP contribution in [0.4, 0.5) is 0 Å². The number of fused-ring (bicyclic) bond motifs is 1. The Morgan fingerprint density at radius 2 is 2.06 bits per heavy atom. The van der Waals surface area contributed by atoms with E-state index in [1.165, 1.54) is 0 Å². The van der Waals surface area contributed by atoms with Crippen LogP contribution < -0.4 is 5.73 Å². The van der Waals surface area contributed by atoms with Crippen LogP contribution in [0.5, 0.6) is 0 Å². The van der Waals surface area contributed by atoms with Gasteiger partial charge in [-0.3, -0.25) is 0 Å². The molecule has 0 bridgehead atoms. The standard InChI is InChI=1S/C14H14N4/c1-10(15)11-6-7-16-14(8-11)18-13-5-3-2-4-12(13)9-17-18/h2-10H,15H2,1H3/t10-/m0/s1. The summed E-state index contributed by atoms with van der Waals surface area (Å²) in [6.45, 7) is 1.96. The number of para-hydroxylation sites is 1. The van der Waals surface area contributed by atoms with Gasteiger partial charge in [0.2, 0.25) is 0 Å². The van der Waals surface area contributed by atoms with E-state index in [0.29, 0.717) is 0 Å². The maximum atomic E-state index is 5.89. The summed E-state index contributed by atoms with van der Waals surface area (Å²) in [5.41, 5.74) is 7.99. The van der Waals surface area contributed by atoms with Crippen LogP contribution in [0.3, 0.4) is 0 Å². The van der Waals surface area contributed by atoms with Crippen molar-refractivity contribution in [1.82, 2.24) is 14.8 Å². The van der Waals surface area contributed by atoms with Crippen LogP contribution in [-0.2, 0) is 0 Å². The van der Waals surface area contributed by atoms with Gasteiger partial charge in [0, 0.05) is 17.6 Å². The number of nitrogens with zero attached hydrogens (tertiary/aromatic N) is 3. The Kier molecular flexibility index (Phi) is 2.57. The van der Waals surface area contributed by atoms with Gasteiger partial charge in [-0.15, -0.1) is 0 Å². The molecule has 0 spiro atoms. The molecule has 2 N–H and O–H groups in total. The molecule has 2 aromatic heterocycles. The summed E-state index contributed by atoms with van der Waals surface area (Å²) in [7, 11) is 0. The molecule has 4 nitrogen and oxygen atoms in total. The van der Waals surface area contributed by atoms with Crippen LogP contribution in [0.1, 0.15) is 18.5 Å². The van der Waals surface area contributed by atoms with Crippen LogP contribution in [0.25, 0.3) is 16.7 Å². The van der Waals surface area contributed by atoms with Crippen molar-refractivity contribution in [1.29, 1.82) is 0 Å². The first-order valence-electron chi connectivity index (χ1n) is 5.90. The molecule has 90 valence electrons. The molecule has 0 unspecified atom stereocenters. The van der Waals surface area contributed by atoms with Crippen LogP contribution in [0, 0.1) is 0 Å². The summed E-state index contributed by atoms with van der Waals surface area (Å²) in [4.78, 5) is 4.36. The van der Waals surface area contributed by atoms with Gasteiger partial charge in [-0.2, -0.15) is 5.10 Å². The first kappa shape index (κ1) is 10.9. The fourth-order valence-electron chi connectivity index (χ4n) is 1.99. The SMILES string of the molecule is C[C@H](N)c1ccnc(-n2ncc3ccccc32)c1. The Balaban J connectivity index is 2.17. The lowest BCUT2D eigenvalue weighted by molar-refractivity contribution is 0.802. The third-order valence-corrected chi connectivity index (χ3v) is 2.99. The van der Waals surface area contributed by atoms with Crippen LogP contribution in [-0.4, -0.2) is 14.8 Å². The number of nitrogens with two attached hydrogens (primary N) is 1. The highest BCUT2D eigenvalue weighted by atomic mass is 15.3. The van der Waals surface area contributed by atoms with Crippen LogP contribution in [0.2, 0.25) is 0 Å². The zero-order valence-corrected chi connectivity index (χ0v) is 10.1. The summed E-state index contributed by atoms with van der Waals surface area (Å²) in [6.07, 6.45) is 3.61. The highest BCUT2D eigenvalue weighted by Gasteiger charge is 2.07. The minimum Gasteiger partial charge on any atom is -0.324 e. The van der Waals surface area contributed by atoms with Crippen molar-refractivity contribution in [2.24, 2.45) is 5.73 Å². The molecule has 3 aromatic rings. The fraction of sp³-hybridized carbons (Fsp3) is 0.143. The fourth-order valence-corrected chi connectivity index (χ4v) is 1.99. The van der Waals surface area contributed by atoms with E-state index >= 15 is 0 Å². The maximum absolute atomic E-state index is 5.89. The highest BCUT2D eigenvalue weighted by Crippen LogP contribution is 2.18. The molecule has 0 saturated carbocycles. The quantitative estimate of drug-likeness (QED) is 0.746. The summed E-state index contributed by atoms with van der Waals surface area (Å²) in [5.74, 6) is 0.797. The number of hydrogen-bond donors (Lipinski definition) is 1. The molecule has 0 aliphatic heterocycles. The zero-order valence-electron chi connectivity index (χ0n) is 10.1. The summed E-state index contributed by atoms with van der Waals surface area (Å²) in [6, 6.07) is 12.0. The van der Waals surface area contributed by atoms with Crippen molar-refractivity contribution in [3.05, 3.63) is 54.4 Å². The molecule has 0 radical (unpaired) electrons. The third-order valence-electron chi connectivity index (χ3n) is 2.99. The van der Waals surface area contributed by atoms with Crippen molar-refractivity contribution in [2.75, 3.05) is 0 Å². The summed E-state index contributed by atoms with van der Waals surface area (Å²) >= 11 is 0. The monoisotopic (exact) mass is 238 g/mol. The molecule has 18 heavy (non-hydrogen) atoms. The molecule has 0 amide bonds. The second-order valence-electron chi connectivity index (χ2n) is 4.35. The summed E-state index contributed by atoms with van der Waals surface area (Å²) < 4.78 is 1.83. The van der Waals surface area contributed by atoms with Gasteiger partial charge >= 0.3 is 0 Å². The number of benzene rings is 1. The average molecular weight is 238 g/mol. The normalized spacial score (nSPS) is 12.8. The minimum atomic E-state index is -0.00595. The van der Waals surface area contributed by atoms with Gasteiger partial charge in [0.1, 0.15) is 0 Å². The molecule has 0 aliphatic rings. The van der Waals surface area contributed by atoms with Crippen molar-refractivity contribution in [3.63, 3.8) is 0 Å². The van der Waals surface area contributed by atoms with Crippen LogP contribution >= 0.6 is 0 Å². The Hall–Kier alpha value is -2.20. The average Bonchev–Trinajstić information content (AvgIpc) is 2.82. The van der Waals surface area contributed by atoms with E-state index in [2.05, 4.69) is 10.1 Å². The van der Waals surface area contributed by atoms with Gasteiger partial charge in [0.15, 0.2) is 5.82 Å². The van der Waals surface area contributed by atoms with Gasteiger partial charge in [-0.25, -0.2) is 9.67 Å². The molecule has 3 rings (SSSR count). The molecule has 2 heterocycles. The van der Waals surface area contributed by atoms with Gasteiger partial charge in [-0.1, -0.05) is 18.2 Å². The van der Waals surface area contributed by atoms with E-state index in [9.17, 15) is 0 Å². The number of hydrogen-bond acceptors (Lipinski definition) is 3. The molecular formula is C14H14N4. The van der Waals surface area contributed by atoms with Crippen LogP contribution in [0.15, 0.2) is 48.8 Å². The summed E-state index contributed by atoms with van der Waals surface area (Å²) in [5, 5.41) is 5.48. The maximum Gasteiger partial charge on any atom is 0.154 e. The molecular weight excluding hydrogens is 224 g/mol. The lowest BCUT2D eigenvalue weighted by Crippen LogP contribution is -2.07. The third kappa shape index (κ3) is 1.76.